The first-order chi connectivity index (χ1) is 11.5. The number of halogens is 1. The molecule has 150 valence electrons. The molecule has 0 fully saturated rings. The molecule has 0 aromatic rings. The number of hydrogen-bond acceptors (Lipinski definition) is 3. The lowest BCUT2D eigenvalue weighted by Crippen LogP contribution is -2.29. The molecule has 25 heavy (non-hydrogen) atoms. The Labute approximate surface area is 162 Å². The molecule has 0 rings (SSSR count). The lowest BCUT2D eigenvalue weighted by Gasteiger charge is -2.23. The van der Waals surface area contributed by atoms with Gasteiger partial charge in [-0.1, -0.05) is 64.7 Å². The van der Waals surface area contributed by atoms with Crippen molar-refractivity contribution < 1.29 is 9.90 Å². The molecular formula is C20H41ClN2O2. The average Bonchev–Trinajstić information content (AvgIpc) is 2.53. The summed E-state index contributed by atoms with van der Waals surface area (Å²) in [5.74, 6) is -0.826. The second-order valence-corrected chi connectivity index (χ2v) is 7.14. The first-order valence-corrected chi connectivity index (χ1v) is 9.77. The third-order valence-electron chi connectivity index (χ3n) is 4.35. The van der Waals surface area contributed by atoms with E-state index >= 15 is 0 Å². The second-order valence-electron chi connectivity index (χ2n) is 7.14. The quantitative estimate of drug-likeness (QED) is 0.297. The van der Waals surface area contributed by atoms with Crippen LogP contribution in [-0.2, 0) is 4.79 Å². The Hall–Kier alpha value is -0.740. The molecule has 0 radical (unpaired) electrons. The van der Waals surface area contributed by atoms with Gasteiger partial charge in [-0.15, -0.1) is 12.4 Å². The van der Waals surface area contributed by atoms with Crippen molar-refractivity contribution in [3.05, 3.63) is 11.8 Å². The molecule has 0 aliphatic rings. The van der Waals surface area contributed by atoms with Gasteiger partial charge in [0.25, 0.3) is 0 Å². The van der Waals surface area contributed by atoms with Crippen molar-refractivity contribution in [1.82, 2.24) is 9.80 Å². The SMILES string of the molecule is CCCCCCCCCCCCN(C=C(C)C(=O)O)CCN(C)C.Cl. The molecule has 0 amide bonds. The Morgan fingerprint density at radius 3 is 1.76 bits per heavy atom. The van der Waals surface area contributed by atoms with Crippen LogP contribution in [0.3, 0.4) is 0 Å². The van der Waals surface area contributed by atoms with Gasteiger partial charge in [-0.25, -0.2) is 4.79 Å². The number of unbranched alkanes of at least 4 members (excludes halogenated alkanes) is 9. The van der Waals surface area contributed by atoms with Crippen LogP contribution in [-0.4, -0.2) is 54.6 Å². The molecule has 0 saturated heterocycles. The van der Waals surface area contributed by atoms with Gasteiger partial charge in [0.2, 0.25) is 0 Å². The van der Waals surface area contributed by atoms with Gasteiger partial charge in [0, 0.05) is 31.4 Å². The van der Waals surface area contributed by atoms with Crippen LogP contribution < -0.4 is 0 Å². The molecule has 1 N–H and O–H groups in total. The molecule has 0 aromatic carbocycles. The monoisotopic (exact) mass is 376 g/mol. The summed E-state index contributed by atoms with van der Waals surface area (Å²) in [5.41, 5.74) is 0.417. The minimum absolute atomic E-state index is 0. The molecule has 0 aliphatic carbocycles. The molecular weight excluding hydrogens is 336 g/mol. The average molecular weight is 377 g/mol. The predicted molar refractivity (Wildman–Crippen MR) is 111 cm³/mol. The summed E-state index contributed by atoms with van der Waals surface area (Å²) in [6, 6.07) is 0. The van der Waals surface area contributed by atoms with Crippen LogP contribution in [0.2, 0.25) is 0 Å². The Kier molecular flexibility index (Phi) is 19.1. The zero-order valence-corrected chi connectivity index (χ0v) is 17.7. The maximum Gasteiger partial charge on any atom is 0.332 e. The fourth-order valence-electron chi connectivity index (χ4n) is 2.70. The van der Waals surface area contributed by atoms with E-state index in [9.17, 15) is 4.79 Å². The highest BCUT2D eigenvalue weighted by Crippen LogP contribution is 2.11. The van der Waals surface area contributed by atoms with E-state index in [0.717, 1.165) is 26.1 Å². The Morgan fingerprint density at radius 1 is 0.840 bits per heavy atom. The molecule has 0 aliphatic heterocycles. The number of likely N-dealkylation sites (N-methyl/N-ethyl adjacent to an activating group) is 1. The van der Waals surface area contributed by atoms with E-state index in [1.54, 1.807) is 13.1 Å². The van der Waals surface area contributed by atoms with Gasteiger partial charge in [0.1, 0.15) is 0 Å². The third-order valence-corrected chi connectivity index (χ3v) is 4.35. The normalized spacial score (nSPS) is 11.5. The van der Waals surface area contributed by atoms with Crippen LogP contribution in [0.5, 0.6) is 0 Å². The zero-order chi connectivity index (χ0) is 18.2. The molecule has 0 aromatic heterocycles. The Balaban J connectivity index is 0. The van der Waals surface area contributed by atoms with E-state index in [0.29, 0.717) is 5.57 Å². The molecule has 5 heteroatoms. The van der Waals surface area contributed by atoms with Crippen LogP contribution in [0.1, 0.15) is 78.1 Å². The minimum atomic E-state index is -0.826. The lowest BCUT2D eigenvalue weighted by atomic mass is 10.1. The number of carboxylic acids is 1. The van der Waals surface area contributed by atoms with Crippen LogP contribution in [0.15, 0.2) is 11.8 Å². The summed E-state index contributed by atoms with van der Waals surface area (Å²) in [5, 5.41) is 9.05. The number of aliphatic carboxylic acids is 1. The molecule has 0 saturated carbocycles. The van der Waals surface area contributed by atoms with Gasteiger partial charge in [-0.2, -0.15) is 0 Å². The summed E-state index contributed by atoms with van der Waals surface area (Å²) >= 11 is 0. The van der Waals surface area contributed by atoms with Gasteiger partial charge < -0.3 is 14.9 Å². The highest BCUT2D eigenvalue weighted by atomic mass is 35.5. The molecule has 4 nitrogen and oxygen atoms in total. The van der Waals surface area contributed by atoms with E-state index in [1.165, 1.54) is 57.8 Å². The highest BCUT2D eigenvalue weighted by molar-refractivity contribution is 5.85. The van der Waals surface area contributed by atoms with Crippen LogP contribution >= 0.6 is 12.4 Å². The van der Waals surface area contributed by atoms with Crippen LogP contribution in [0.4, 0.5) is 0 Å². The van der Waals surface area contributed by atoms with Crippen molar-refractivity contribution in [3.8, 4) is 0 Å². The van der Waals surface area contributed by atoms with Crippen molar-refractivity contribution in [2.75, 3.05) is 33.7 Å². The number of nitrogens with zero attached hydrogens (tertiary/aromatic N) is 2. The van der Waals surface area contributed by atoms with Crippen molar-refractivity contribution in [2.45, 2.75) is 78.1 Å². The maximum atomic E-state index is 11.0. The van der Waals surface area contributed by atoms with Crippen molar-refractivity contribution >= 4 is 18.4 Å². The van der Waals surface area contributed by atoms with Crippen molar-refractivity contribution in [3.63, 3.8) is 0 Å². The topological polar surface area (TPSA) is 43.8 Å². The molecule has 0 heterocycles. The van der Waals surface area contributed by atoms with Gasteiger partial charge in [0.05, 0.1) is 0 Å². The molecule has 0 atom stereocenters. The molecule has 0 spiro atoms. The Morgan fingerprint density at radius 2 is 1.32 bits per heavy atom. The molecule has 0 unspecified atom stereocenters. The predicted octanol–water partition coefficient (Wildman–Crippen LogP) is 5.18. The first kappa shape index (κ1) is 26.5. The van der Waals surface area contributed by atoms with E-state index in [-0.39, 0.29) is 12.4 Å². The van der Waals surface area contributed by atoms with Gasteiger partial charge in [-0.3, -0.25) is 0 Å². The van der Waals surface area contributed by atoms with Gasteiger partial charge >= 0.3 is 5.97 Å². The van der Waals surface area contributed by atoms with E-state index in [4.69, 9.17) is 5.11 Å². The van der Waals surface area contributed by atoms with Crippen LogP contribution in [0, 0.1) is 0 Å². The number of carboxylic acid groups (broad SMARTS) is 1. The number of rotatable bonds is 16. The summed E-state index contributed by atoms with van der Waals surface area (Å²) < 4.78 is 0. The highest BCUT2D eigenvalue weighted by Gasteiger charge is 2.06. The Bertz CT molecular complexity index is 347. The molecule has 0 bridgehead atoms. The summed E-state index contributed by atoms with van der Waals surface area (Å²) in [6.45, 7) is 6.71. The van der Waals surface area contributed by atoms with Gasteiger partial charge in [-0.05, 0) is 27.4 Å². The summed E-state index contributed by atoms with van der Waals surface area (Å²) in [7, 11) is 4.10. The van der Waals surface area contributed by atoms with Gasteiger partial charge in [0.15, 0.2) is 0 Å². The maximum absolute atomic E-state index is 11.0. The largest absolute Gasteiger partial charge is 0.478 e. The fraction of sp³-hybridized carbons (Fsp3) is 0.850. The van der Waals surface area contributed by atoms with E-state index in [2.05, 4.69) is 16.7 Å². The second kappa shape index (κ2) is 18.1. The number of carbonyl (C=O) groups is 1. The standard InChI is InChI=1S/C20H40N2O2.ClH/c1-5-6-7-8-9-10-11-12-13-14-15-22(17-16-21(3)4)18-19(2)20(23)24;/h18H,5-17H2,1-4H3,(H,23,24);1H. The zero-order valence-electron chi connectivity index (χ0n) is 16.9. The fourth-order valence-corrected chi connectivity index (χ4v) is 2.70. The van der Waals surface area contributed by atoms with Crippen molar-refractivity contribution in [1.29, 1.82) is 0 Å². The minimum Gasteiger partial charge on any atom is -0.478 e. The summed E-state index contributed by atoms with van der Waals surface area (Å²) in [6.07, 6.45) is 15.1. The summed E-state index contributed by atoms with van der Waals surface area (Å²) in [4.78, 5) is 15.3. The van der Waals surface area contributed by atoms with Crippen molar-refractivity contribution in [2.24, 2.45) is 0 Å². The van der Waals surface area contributed by atoms with E-state index < -0.39 is 5.97 Å². The van der Waals surface area contributed by atoms with E-state index in [1.807, 2.05) is 14.1 Å². The first-order valence-electron chi connectivity index (χ1n) is 9.77. The lowest BCUT2D eigenvalue weighted by molar-refractivity contribution is -0.132. The number of hydrogen-bond donors (Lipinski definition) is 1. The van der Waals surface area contributed by atoms with Crippen LogP contribution in [0.25, 0.3) is 0 Å². The third kappa shape index (κ3) is 17.9. The smallest absolute Gasteiger partial charge is 0.332 e.